The minimum absolute atomic E-state index is 0.623. The second-order valence-corrected chi connectivity index (χ2v) is 5.89. The van der Waals surface area contributed by atoms with Crippen molar-refractivity contribution < 1.29 is 0 Å². The molecule has 2 saturated carbocycles. The van der Waals surface area contributed by atoms with E-state index in [-0.39, 0.29) is 0 Å². The first-order valence-electron chi connectivity index (χ1n) is 5.94. The van der Waals surface area contributed by atoms with Gasteiger partial charge in [-0.2, -0.15) is 0 Å². The van der Waals surface area contributed by atoms with Crippen molar-refractivity contribution in [2.45, 2.75) is 31.7 Å². The van der Waals surface area contributed by atoms with Crippen LogP contribution < -0.4 is 5.32 Å². The molecule has 0 heterocycles. The summed E-state index contributed by atoms with van der Waals surface area (Å²) in [7, 11) is 0. The Hall–Kier alpha value is -0.400. The van der Waals surface area contributed by atoms with Gasteiger partial charge in [0.1, 0.15) is 0 Å². The zero-order valence-corrected chi connectivity index (χ0v) is 10.6. The molecule has 3 unspecified atom stereocenters. The number of nitrogens with one attached hydrogen (secondary N) is 1. The third-order valence-corrected chi connectivity index (χ3v) is 4.56. The Balaban J connectivity index is 1.74. The van der Waals surface area contributed by atoms with Crippen LogP contribution in [0, 0.1) is 11.8 Å². The van der Waals surface area contributed by atoms with Crippen molar-refractivity contribution in [2.24, 2.45) is 11.8 Å². The predicted octanol–water partition coefficient (Wildman–Crippen LogP) is 4.59. The maximum atomic E-state index is 6.16. The summed E-state index contributed by atoms with van der Waals surface area (Å²) in [5, 5.41) is 5.01. The number of halogens is 2. The van der Waals surface area contributed by atoms with E-state index in [1.807, 2.05) is 12.1 Å². The summed E-state index contributed by atoms with van der Waals surface area (Å²) in [6, 6.07) is 6.30. The molecule has 3 atom stereocenters. The molecule has 0 radical (unpaired) electrons. The van der Waals surface area contributed by atoms with E-state index in [1.54, 1.807) is 6.07 Å². The maximum Gasteiger partial charge on any atom is 0.0652 e. The molecule has 1 aromatic carbocycles. The molecule has 2 bridgehead atoms. The van der Waals surface area contributed by atoms with Gasteiger partial charge in [0.15, 0.2) is 0 Å². The van der Waals surface area contributed by atoms with Gasteiger partial charge in [-0.15, -0.1) is 0 Å². The summed E-state index contributed by atoms with van der Waals surface area (Å²) in [5.41, 5.74) is 1.03. The van der Waals surface area contributed by atoms with Gasteiger partial charge in [0.25, 0.3) is 0 Å². The molecule has 2 aliphatic rings. The molecule has 1 aromatic rings. The zero-order valence-electron chi connectivity index (χ0n) is 9.05. The molecule has 2 aliphatic carbocycles. The molecule has 1 nitrogen and oxygen atoms in total. The van der Waals surface area contributed by atoms with E-state index in [1.165, 1.54) is 25.7 Å². The SMILES string of the molecule is Clc1ccc(NC2CC3CCC2C3)c(Cl)c1. The lowest BCUT2D eigenvalue weighted by Gasteiger charge is -2.24. The summed E-state index contributed by atoms with van der Waals surface area (Å²) >= 11 is 12.0. The summed E-state index contributed by atoms with van der Waals surface area (Å²) in [4.78, 5) is 0. The third-order valence-electron chi connectivity index (χ3n) is 4.01. The van der Waals surface area contributed by atoms with Crippen molar-refractivity contribution in [3.05, 3.63) is 28.2 Å². The highest BCUT2D eigenvalue weighted by atomic mass is 35.5. The fourth-order valence-corrected chi connectivity index (χ4v) is 3.69. The first-order valence-corrected chi connectivity index (χ1v) is 6.69. The van der Waals surface area contributed by atoms with Crippen LogP contribution in [-0.4, -0.2) is 6.04 Å². The van der Waals surface area contributed by atoms with E-state index in [4.69, 9.17) is 23.2 Å². The highest BCUT2D eigenvalue weighted by Gasteiger charge is 2.39. The van der Waals surface area contributed by atoms with Gasteiger partial charge in [0.2, 0.25) is 0 Å². The van der Waals surface area contributed by atoms with Gasteiger partial charge in [0.05, 0.1) is 10.7 Å². The van der Waals surface area contributed by atoms with Crippen molar-refractivity contribution in [1.29, 1.82) is 0 Å². The van der Waals surface area contributed by atoms with Gasteiger partial charge in [-0.1, -0.05) is 29.6 Å². The Labute approximate surface area is 106 Å². The minimum atomic E-state index is 0.623. The van der Waals surface area contributed by atoms with Crippen LogP contribution >= 0.6 is 23.2 Å². The zero-order chi connectivity index (χ0) is 11.1. The lowest BCUT2D eigenvalue weighted by molar-refractivity contribution is 0.440. The van der Waals surface area contributed by atoms with E-state index in [2.05, 4.69) is 5.32 Å². The van der Waals surface area contributed by atoms with Gasteiger partial charge in [-0.05, 0) is 49.3 Å². The average Bonchev–Trinajstić information content (AvgIpc) is 2.84. The molecular weight excluding hydrogens is 241 g/mol. The Bertz CT molecular complexity index is 405. The smallest absolute Gasteiger partial charge is 0.0652 e. The molecule has 2 fully saturated rings. The fraction of sp³-hybridized carbons (Fsp3) is 0.538. The summed E-state index contributed by atoms with van der Waals surface area (Å²) < 4.78 is 0. The van der Waals surface area contributed by atoms with Crippen molar-refractivity contribution in [1.82, 2.24) is 0 Å². The van der Waals surface area contributed by atoms with Gasteiger partial charge in [-0.25, -0.2) is 0 Å². The van der Waals surface area contributed by atoms with Gasteiger partial charge >= 0.3 is 0 Å². The quantitative estimate of drug-likeness (QED) is 0.815. The number of benzene rings is 1. The van der Waals surface area contributed by atoms with Gasteiger partial charge in [-0.3, -0.25) is 0 Å². The summed E-state index contributed by atoms with van der Waals surface area (Å²) in [5.74, 6) is 1.81. The second-order valence-electron chi connectivity index (χ2n) is 5.05. The van der Waals surface area contributed by atoms with Crippen LogP contribution in [-0.2, 0) is 0 Å². The highest BCUT2D eigenvalue weighted by Crippen LogP contribution is 2.46. The van der Waals surface area contributed by atoms with Crippen LogP contribution in [0.1, 0.15) is 25.7 Å². The molecular formula is C13H15Cl2N. The van der Waals surface area contributed by atoms with Crippen molar-refractivity contribution in [3.8, 4) is 0 Å². The number of anilines is 1. The van der Waals surface area contributed by atoms with Crippen LogP contribution in [0.15, 0.2) is 18.2 Å². The monoisotopic (exact) mass is 255 g/mol. The first kappa shape index (κ1) is 10.7. The Morgan fingerprint density at radius 1 is 1.12 bits per heavy atom. The molecule has 0 aromatic heterocycles. The van der Waals surface area contributed by atoms with E-state index in [0.717, 1.165) is 22.5 Å². The number of rotatable bonds is 2. The molecule has 0 saturated heterocycles. The van der Waals surface area contributed by atoms with Crippen molar-refractivity contribution >= 4 is 28.9 Å². The Morgan fingerprint density at radius 3 is 2.62 bits per heavy atom. The molecule has 0 spiro atoms. The van der Waals surface area contributed by atoms with Crippen molar-refractivity contribution in [3.63, 3.8) is 0 Å². The molecule has 0 aliphatic heterocycles. The normalized spacial score (nSPS) is 32.0. The van der Waals surface area contributed by atoms with Crippen LogP contribution in [0.3, 0.4) is 0 Å². The second kappa shape index (κ2) is 4.12. The lowest BCUT2D eigenvalue weighted by atomic mass is 9.95. The van der Waals surface area contributed by atoms with Crippen LogP contribution in [0.4, 0.5) is 5.69 Å². The molecule has 3 rings (SSSR count). The van der Waals surface area contributed by atoms with Crippen LogP contribution in [0.2, 0.25) is 10.0 Å². The fourth-order valence-electron chi connectivity index (χ4n) is 3.23. The molecule has 0 amide bonds. The number of fused-ring (bicyclic) bond motifs is 2. The maximum absolute atomic E-state index is 6.16. The highest BCUT2D eigenvalue weighted by molar-refractivity contribution is 6.36. The topological polar surface area (TPSA) is 12.0 Å². The van der Waals surface area contributed by atoms with Crippen LogP contribution in [0.5, 0.6) is 0 Å². The van der Waals surface area contributed by atoms with Crippen molar-refractivity contribution in [2.75, 3.05) is 5.32 Å². The predicted molar refractivity (Wildman–Crippen MR) is 69.3 cm³/mol. The Morgan fingerprint density at radius 2 is 2.00 bits per heavy atom. The van der Waals surface area contributed by atoms with Gasteiger partial charge < -0.3 is 5.32 Å². The first-order chi connectivity index (χ1) is 7.72. The molecule has 16 heavy (non-hydrogen) atoms. The van der Waals surface area contributed by atoms with E-state index in [0.29, 0.717) is 11.1 Å². The van der Waals surface area contributed by atoms with E-state index >= 15 is 0 Å². The summed E-state index contributed by atoms with van der Waals surface area (Å²) in [6.45, 7) is 0. The third kappa shape index (κ3) is 1.91. The van der Waals surface area contributed by atoms with E-state index < -0.39 is 0 Å². The van der Waals surface area contributed by atoms with Gasteiger partial charge in [0, 0.05) is 11.1 Å². The standard InChI is InChI=1S/C13H15Cl2N/c14-10-3-4-12(11(15)7-10)16-13-6-8-1-2-9(13)5-8/h3-4,7-9,13,16H,1-2,5-6H2. The molecule has 86 valence electrons. The van der Waals surface area contributed by atoms with Crippen LogP contribution in [0.25, 0.3) is 0 Å². The minimum Gasteiger partial charge on any atom is -0.381 e. The molecule has 1 N–H and O–H groups in total. The largest absolute Gasteiger partial charge is 0.381 e. The Kier molecular flexibility index (Phi) is 2.76. The lowest BCUT2D eigenvalue weighted by Crippen LogP contribution is -2.25. The van der Waals surface area contributed by atoms with E-state index in [9.17, 15) is 0 Å². The molecule has 3 heteroatoms. The number of hydrogen-bond acceptors (Lipinski definition) is 1. The average molecular weight is 256 g/mol. The number of hydrogen-bond donors (Lipinski definition) is 1. The summed E-state index contributed by atoms with van der Waals surface area (Å²) in [6.07, 6.45) is 5.53.